The van der Waals surface area contributed by atoms with Crippen molar-refractivity contribution in [2.24, 2.45) is 0 Å². The number of carbonyl (C=O) groups is 2. The van der Waals surface area contributed by atoms with Crippen molar-refractivity contribution >= 4 is 35.1 Å². The van der Waals surface area contributed by atoms with Crippen LogP contribution in [0.25, 0.3) is 0 Å². The van der Waals surface area contributed by atoms with Gasteiger partial charge in [0.25, 0.3) is 11.7 Å². The van der Waals surface area contributed by atoms with Gasteiger partial charge in [0, 0.05) is 6.42 Å². The van der Waals surface area contributed by atoms with Crippen LogP contribution in [-0.2, 0) is 19.1 Å². The van der Waals surface area contributed by atoms with Gasteiger partial charge in [-0.15, -0.1) is 0 Å². The number of amides is 1. The van der Waals surface area contributed by atoms with E-state index in [4.69, 9.17) is 33.0 Å². The van der Waals surface area contributed by atoms with Crippen LogP contribution in [-0.4, -0.2) is 91.7 Å². The summed E-state index contributed by atoms with van der Waals surface area (Å²) in [5.41, 5.74) is 0. The molecule has 1 heterocycles. The molecule has 0 aromatic rings. The first kappa shape index (κ1) is 22.3. The molecule has 10 nitrogen and oxygen atoms in total. The monoisotopic (exact) mass is 405 g/mol. The zero-order chi connectivity index (χ0) is 19.4. The molecule has 12 heteroatoms. The normalized spacial score (nSPS) is 32.1. The molecule has 25 heavy (non-hydrogen) atoms. The average molecular weight is 406 g/mol. The van der Waals surface area contributed by atoms with Crippen molar-refractivity contribution in [1.29, 1.82) is 0 Å². The summed E-state index contributed by atoms with van der Waals surface area (Å²) in [6.45, 7) is 0.503. The lowest BCUT2D eigenvalue weighted by molar-refractivity contribution is -0.297. The number of alkyl halides is 2. The van der Waals surface area contributed by atoms with Crippen molar-refractivity contribution in [3.05, 3.63) is 0 Å². The fourth-order valence-electron chi connectivity index (χ4n) is 2.37. The van der Waals surface area contributed by atoms with Crippen molar-refractivity contribution in [2.75, 3.05) is 13.2 Å². The quantitative estimate of drug-likeness (QED) is 0.196. The van der Waals surface area contributed by atoms with Gasteiger partial charge in [-0.05, 0) is 6.92 Å². The van der Waals surface area contributed by atoms with Crippen LogP contribution in [0, 0.1) is 0 Å². The molecule has 0 saturated carbocycles. The van der Waals surface area contributed by atoms with Gasteiger partial charge in [-0.2, -0.15) is 0 Å². The maximum absolute atomic E-state index is 11.9. The van der Waals surface area contributed by atoms with Crippen LogP contribution in [0.2, 0.25) is 0 Å². The fraction of sp³-hybridized carbons (Fsp3) is 0.846. The number of aliphatic hydroxyl groups excluding tert-OH is 4. The van der Waals surface area contributed by atoms with Gasteiger partial charge >= 0.3 is 5.97 Å². The summed E-state index contributed by atoms with van der Waals surface area (Å²) in [6, 6.07) is -1.39. The molecule has 1 saturated heterocycles. The lowest BCUT2D eigenvalue weighted by Crippen LogP contribution is -2.67. The van der Waals surface area contributed by atoms with E-state index in [-0.39, 0.29) is 6.61 Å². The highest BCUT2D eigenvalue weighted by molar-refractivity contribution is 6.53. The molecule has 0 unspecified atom stereocenters. The molecule has 1 fully saturated rings. The second kappa shape index (κ2) is 9.28. The number of rotatable bonds is 7. The van der Waals surface area contributed by atoms with E-state index in [1.54, 1.807) is 0 Å². The molecule has 146 valence electrons. The summed E-state index contributed by atoms with van der Waals surface area (Å²) in [4.78, 5) is 22.0. The zero-order valence-corrected chi connectivity index (χ0v) is 14.7. The third kappa shape index (κ3) is 5.38. The maximum atomic E-state index is 11.9. The third-order valence-electron chi connectivity index (χ3n) is 3.60. The van der Waals surface area contributed by atoms with E-state index in [0.717, 1.165) is 0 Å². The van der Waals surface area contributed by atoms with Crippen LogP contribution >= 0.6 is 23.2 Å². The summed E-state index contributed by atoms with van der Waals surface area (Å²) in [6.07, 6.45) is -7.59. The Kier molecular flexibility index (Phi) is 8.29. The number of ether oxygens (including phenoxy) is 2. The summed E-state index contributed by atoms with van der Waals surface area (Å²) in [7, 11) is 0. The third-order valence-corrected chi connectivity index (χ3v) is 4.00. The molecule has 0 radical (unpaired) electrons. The molecule has 0 aromatic heterocycles. The van der Waals surface area contributed by atoms with Gasteiger partial charge in [0.1, 0.15) is 18.3 Å². The molecule has 0 spiro atoms. The predicted molar refractivity (Wildman–Crippen MR) is 83.6 cm³/mol. The van der Waals surface area contributed by atoms with Crippen molar-refractivity contribution in [1.82, 2.24) is 5.32 Å². The zero-order valence-electron chi connectivity index (χ0n) is 13.2. The number of carbonyl (C=O) groups excluding carboxylic acids is 2. The number of hydrogen-bond acceptors (Lipinski definition) is 9. The standard InChI is InChI=1S/C13H21Cl2NO9/c1-2-24-12(22)13(23)3-5(18)7(16-11(21)10(14)15)9(25-13)8(20)6(19)4-17/h5-10,17-20,23H,2-4H2,1H3,(H,16,21)/t5-,6+,7+,8+,9+,13-/m0/s1. The van der Waals surface area contributed by atoms with Crippen LogP contribution in [0.15, 0.2) is 0 Å². The first-order valence-corrected chi connectivity index (χ1v) is 8.25. The van der Waals surface area contributed by atoms with E-state index in [0.29, 0.717) is 0 Å². The maximum Gasteiger partial charge on any atom is 0.366 e. The summed E-state index contributed by atoms with van der Waals surface area (Å²) < 4.78 is 9.79. The first-order valence-electron chi connectivity index (χ1n) is 7.38. The molecule has 1 rings (SSSR count). The number of halogens is 2. The van der Waals surface area contributed by atoms with Crippen LogP contribution < -0.4 is 5.32 Å². The van der Waals surface area contributed by atoms with E-state index >= 15 is 0 Å². The Bertz CT molecular complexity index is 480. The molecule has 6 N–H and O–H groups in total. The Hall–Kier alpha value is -0.720. The Morgan fingerprint density at radius 3 is 2.48 bits per heavy atom. The molecule has 1 amide bonds. The highest BCUT2D eigenvalue weighted by Gasteiger charge is 2.54. The lowest BCUT2D eigenvalue weighted by atomic mass is 9.88. The molecular weight excluding hydrogens is 385 g/mol. The highest BCUT2D eigenvalue weighted by Crippen LogP contribution is 2.31. The Labute approximate surface area is 153 Å². The summed E-state index contributed by atoms with van der Waals surface area (Å²) in [5, 5.41) is 51.4. The van der Waals surface area contributed by atoms with Gasteiger partial charge in [-0.25, -0.2) is 4.79 Å². The number of nitrogens with one attached hydrogen (secondary N) is 1. The Morgan fingerprint density at radius 1 is 1.40 bits per heavy atom. The first-order chi connectivity index (χ1) is 11.6. The minimum atomic E-state index is -2.63. The van der Waals surface area contributed by atoms with Gasteiger partial charge in [-0.1, -0.05) is 23.2 Å². The van der Waals surface area contributed by atoms with Gasteiger partial charge < -0.3 is 40.3 Å². The molecule has 0 aromatic carbocycles. The van der Waals surface area contributed by atoms with Crippen LogP contribution in [0.1, 0.15) is 13.3 Å². The second-order valence-corrected chi connectivity index (χ2v) is 6.53. The molecule has 0 bridgehead atoms. The Balaban J connectivity index is 3.12. The van der Waals surface area contributed by atoms with Crippen molar-refractivity contribution in [3.8, 4) is 0 Å². The smallest absolute Gasteiger partial charge is 0.366 e. The molecule has 1 aliphatic heterocycles. The van der Waals surface area contributed by atoms with Crippen molar-refractivity contribution < 1.29 is 44.6 Å². The second-order valence-electron chi connectivity index (χ2n) is 5.43. The van der Waals surface area contributed by atoms with E-state index in [1.165, 1.54) is 6.92 Å². The molecular formula is C13H21Cl2NO9. The predicted octanol–water partition coefficient (Wildman–Crippen LogP) is -2.61. The molecule has 6 atom stereocenters. The Morgan fingerprint density at radius 2 is 2.00 bits per heavy atom. The van der Waals surface area contributed by atoms with E-state index in [2.05, 4.69) is 10.1 Å². The minimum Gasteiger partial charge on any atom is -0.462 e. The average Bonchev–Trinajstić information content (AvgIpc) is 2.55. The topological polar surface area (TPSA) is 166 Å². The van der Waals surface area contributed by atoms with Crippen molar-refractivity contribution in [2.45, 2.75) is 54.4 Å². The van der Waals surface area contributed by atoms with E-state index < -0.39 is 66.0 Å². The summed E-state index contributed by atoms with van der Waals surface area (Å²) in [5.74, 6) is -4.78. The van der Waals surface area contributed by atoms with Gasteiger partial charge in [0.15, 0.2) is 4.84 Å². The van der Waals surface area contributed by atoms with Gasteiger partial charge in [0.2, 0.25) is 0 Å². The van der Waals surface area contributed by atoms with E-state index in [9.17, 15) is 30.0 Å². The fourth-order valence-corrected chi connectivity index (χ4v) is 2.49. The number of hydrogen-bond donors (Lipinski definition) is 6. The van der Waals surface area contributed by atoms with Crippen molar-refractivity contribution in [3.63, 3.8) is 0 Å². The summed E-state index contributed by atoms with van der Waals surface area (Å²) >= 11 is 10.8. The lowest BCUT2D eigenvalue weighted by Gasteiger charge is -2.45. The number of esters is 1. The van der Waals surface area contributed by atoms with Gasteiger partial charge in [-0.3, -0.25) is 4.79 Å². The van der Waals surface area contributed by atoms with E-state index in [1.807, 2.05) is 0 Å². The molecule has 0 aliphatic carbocycles. The largest absolute Gasteiger partial charge is 0.462 e. The highest BCUT2D eigenvalue weighted by atomic mass is 35.5. The van der Waals surface area contributed by atoms with Gasteiger partial charge in [0.05, 0.1) is 25.4 Å². The minimum absolute atomic E-state index is 0.0899. The van der Waals surface area contributed by atoms with Crippen LogP contribution in [0.3, 0.4) is 0 Å². The SMILES string of the molecule is CCOC(=O)[C@]1(O)C[C@H](O)[C@@H](NC(=O)C(Cl)Cl)[C@H]([C@H](O)[C@H](O)CO)O1. The molecule has 1 aliphatic rings. The number of aliphatic hydroxyl groups is 5. The van der Waals surface area contributed by atoms with Crippen LogP contribution in [0.5, 0.6) is 0 Å². The van der Waals surface area contributed by atoms with Crippen LogP contribution in [0.4, 0.5) is 0 Å².